The molecule has 8 heteroatoms. The number of pyridine rings is 1. The zero-order chi connectivity index (χ0) is 18.1. The molecule has 0 spiro atoms. The third-order valence-corrected chi connectivity index (χ3v) is 4.10. The van der Waals surface area contributed by atoms with Crippen LogP contribution in [-0.2, 0) is 0 Å². The molecule has 0 bridgehead atoms. The predicted molar refractivity (Wildman–Crippen MR) is 102 cm³/mol. The van der Waals surface area contributed by atoms with Gasteiger partial charge in [-0.3, -0.25) is 0 Å². The number of hydrogen-bond acceptors (Lipinski definition) is 6. The van der Waals surface area contributed by atoms with E-state index in [1.54, 1.807) is 29.6 Å². The third-order valence-electron chi connectivity index (χ3n) is 4.10. The van der Waals surface area contributed by atoms with E-state index in [0.717, 1.165) is 33.8 Å². The maximum atomic E-state index is 4.60. The van der Waals surface area contributed by atoms with E-state index in [1.165, 1.54) is 0 Å². The van der Waals surface area contributed by atoms with Crippen molar-refractivity contribution in [2.75, 3.05) is 5.32 Å². The van der Waals surface area contributed by atoms with E-state index in [2.05, 4.69) is 35.3 Å². The van der Waals surface area contributed by atoms with Crippen molar-refractivity contribution in [1.82, 2.24) is 34.7 Å². The van der Waals surface area contributed by atoms with E-state index in [-0.39, 0.29) is 0 Å². The lowest BCUT2D eigenvalue weighted by atomic mass is 10.1. The van der Waals surface area contributed by atoms with Gasteiger partial charge in [-0.2, -0.15) is 5.10 Å². The summed E-state index contributed by atoms with van der Waals surface area (Å²) in [5.74, 6) is 1.24. The Balaban J connectivity index is 1.42. The van der Waals surface area contributed by atoms with Crippen LogP contribution < -0.4 is 5.32 Å². The Morgan fingerprint density at radius 3 is 2.89 bits per heavy atom. The molecule has 0 aliphatic rings. The minimum absolute atomic E-state index is 0.496. The summed E-state index contributed by atoms with van der Waals surface area (Å²) in [6.07, 6.45) is 8.69. The highest BCUT2D eigenvalue weighted by Gasteiger charge is 2.07. The lowest BCUT2D eigenvalue weighted by molar-refractivity contribution is 0.847. The maximum Gasteiger partial charge on any atom is 0.227 e. The first-order valence-electron chi connectivity index (χ1n) is 8.35. The molecule has 8 nitrogen and oxygen atoms in total. The van der Waals surface area contributed by atoms with Gasteiger partial charge in [-0.25, -0.2) is 24.6 Å². The molecule has 0 atom stereocenters. The van der Waals surface area contributed by atoms with Crippen molar-refractivity contribution in [3.63, 3.8) is 0 Å². The van der Waals surface area contributed by atoms with Crippen molar-refractivity contribution < 1.29 is 0 Å². The number of fused-ring (bicyclic) bond motifs is 1. The topological polar surface area (TPSA) is 97.2 Å². The van der Waals surface area contributed by atoms with E-state index < -0.39 is 0 Å². The fourth-order valence-corrected chi connectivity index (χ4v) is 2.80. The van der Waals surface area contributed by atoms with Gasteiger partial charge >= 0.3 is 0 Å². The van der Waals surface area contributed by atoms with Crippen molar-refractivity contribution in [3.8, 4) is 17.1 Å². The lowest BCUT2D eigenvalue weighted by Crippen LogP contribution is -1.98. The Morgan fingerprint density at radius 1 is 0.963 bits per heavy atom. The molecule has 0 aliphatic carbocycles. The highest BCUT2D eigenvalue weighted by Crippen LogP contribution is 2.22. The molecule has 0 amide bonds. The van der Waals surface area contributed by atoms with Crippen LogP contribution in [0.3, 0.4) is 0 Å². The molecule has 0 saturated heterocycles. The van der Waals surface area contributed by atoms with Crippen molar-refractivity contribution in [2.24, 2.45) is 0 Å². The average molecular weight is 354 g/mol. The molecule has 5 aromatic rings. The summed E-state index contributed by atoms with van der Waals surface area (Å²) in [6.45, 7) is 0. The second-order valence-electron chi connectivity index (χ2n) is 5.89. The number of H-pyrrole nitrogens is 1. The van der Waals surface area contributed by atoms with Gasteiger partial charge in [0.05, 0.1) is 41.1 Å². The van der Waals surface area contributed by atoms with Crippen LogP contribution in [0.5, 0.6) is 0 Å². The molecular formula is C19H14N8. The fourth-order valence-electron chi connectivity index (χ4n) is 2.80. The largest absolute Gasteiger partial charge is 0.345 e. The number of aromatic nitrogens is 7. The number of anilines is 2. The number of hydrogen-bond donors (Lipinski definition) is 2. The molecule has 0 aliphatic heterocycles. The third kappa shape index (κ3) is 2.99. The summed E-state index contributed by atoms with van der Waals surface area (Å²) in [5.41, 5.74) is 4.46. The van der Waals surface area contributed by atoms with Crippen LogP contribution in [0.4, 0.5) is 11.6 Å². The first-order valence-corrected chi connectivity index (χ1v) is 8.35. The van der Waals surface area contributed by atoms with Crippen LogP contribution in [0.25, 0.3) is 28.1 Å². The molecule has 5 rings (SSSR count). The normalized spacial score (nSPS) is 11.0. The smallest absolute Gasteiger partial charge is 0.227 e. The molecule has 0 unspecified atom stereocenters. The number of imidazole rings is 1. The Morgan fingerprint density at radius 2 is 1.96 bits per heavy atom. The summed E-state index contributed by atoms with van der Waals surface area (Å²) in [5, 5.41) is 7.50. The SMILES string of the molecule is c1ccc(-n2cc(Nc3nccc(-c4ccc5[nH]cnc5c4)n3)cn2)nc1. The summed E-state index contributed by atoms with van der Waals surface area (Å²) < 4.78 is 1.69. The van der Waals surface area contributed by atoms with Crippen molar-refractivity contribution >= 4 is 22.7 Å². The van der Waals surface area contributed by atoms with Gasteiger partial charge in [-0.05, 0) is 30.3 Å². The molecule has 0 fully saturated rings. The van der Waals surface area contributed by atoms with Gasteiger partial charge in [-0.15, -0.1) is 0 Å². The van der Waals surface area contributed by atoms with Crippen molar-refractivity contribution in [1.29, 1.82) is 0 Å². The van der Waals surface area contributed by atoms with Crippen LogP contribution in [0.2, 0.25) is 0 Å². The first kappa shape index (κ1) is 15.2. The number of aromatic amines is 1. The predicted octanol–water partition coefficient (Wildman–Crippen LogP) is 3.34. The second-order valence-corrected chi connectivity index (χ2v) is 5.89. The van der Waals surface area contributed by atoms with Gasteiger partial charge in [0, 0.05) is 18.0 Å². The van der Waals surface area contributed by atoms with Gasteiger partial charge in [0.25, 0.3) is 0 Å². The van der Waals surface area contributed by atoms with Crippen LogP contribution in [-0.4, -0.2) is 34.7 Å². The van der Waals surface area contributed by atoms with E-state index in [9.17, 15) is 0 Å². The van der Waals surface area contributed by atoms with E-state index >= 15 is 0 Å². The molecule has 4 heterocycles. The Hall–Kier alpha value is -4.07. The first-order chi connectivity index (χ1) is 13.3. The highest BCUT2D eigenvalue weighted by atomic mass is 15.3. The van der Waals surface area contributed by atoms with Gasteiger partial charge in [0.2, 0.25) is 5.95 Å². The van der Waals surface area contributed by atoms with Crippen LogP contribution >= 0.6 is 0 Å². The monoisotopic (exact) mass is 354 g/mol. The molecular weight excluding hydrogens is 340 g/mol. The average Bonchev–Trinajstić information content (AvgIpc) is 3.38. The Labute approximate surface area is 154 Å². The maximum absolute atomic E-state index is 4.60. The minimum Gasteiger partial charge on any atom is -0.345 e. The second kappa shape index (κ2) is 6.34. The molecule has 1 aromatic carbocycles. The van der Waals surface area contributed by atoms with Gasteiger partial charge in [0.15, 0.2) is 5.82 Å². The minimum atomic E-state index is 0.496. The molecule has 27 heavy (non-hydrogen) atoms. The molecule has 2 N–H and O–H groups in total. The van der Waals surface area contributed by atoms with Gasteiger partial charge < -0.3 is 10.3 Å². The van der Waals surface area contributed by atoms with Crippen LogP contribution in [0.15, 0.2) is 73.6 Å². The van der Waals surface area contributed by atoms with Crippen molar-refractivity contribution in [3.05, 3.63) is 73.6 Å². The fraction of sp³-hybridized carbons (Fsp3) is 0. The summed E-state index contributed by atoms with van der Waals surface area (Å²) >= 11 is 0. The standard InChI is InChI=1S/C19H14N8/c1-2-7-20-18(3-1)27-11-14(10-24-27)25-19-21-8-6-15(26-19)13-4-5-16-17(9-13)23-12-22-16/h1-12H,(H,22,23)(H,21,25,26). The van der Waals surface area contributed by atoms with Crippen LogP contribution in [0, 0.1) is 0 Å². The van der Waals surface area contributed by atoms with Crippen LogP contribution in [0.1, 0.15) is 0 Å². The van der Waals surface area contributed by atoms with E-state index in [1.807, 2.05) is 48.7 Å². The summed E-state index contributed by atoms with van der Waals surface area (Å²) in [6, 6.07) is 13.5. The van der Waals surface area contributed by atoms with Gasteiger partial charge in [0.1, 0.15) is 0 Å². The zero-order valence-corrected chi connectivity index (χ0v) is 14.1. The number of rotatable bonds is 4. The Bertz CT molecular complexity index is 1210. The lowest BCUT2D eigenvalue weighted by Gasteiger charge is -2.05. The van der Waals surface area contributed by atoms with E-state index in [0.29, 0.717) is 5.95 Å². The highest BCUT2D eigenvalue weighted by molar-refractivity contribution is 5.80. The number of benzene rings is 1. The summed E-state index contributed by atoms with van der Waals surface area (Å²) in [7, 11) is 0. The van der Waals surface area contributed by atoms with E-state index in [4.69, 9.17) is 0 Å². The molecule has 0 saturated carbocycles. The molecule has 0 radical (unpaired) electrons. The number of nitrogens with zero attached hydrogens (tertiary/aromatic N) is 6. The zero-order valence-electron chi connectivity index (χ0n) is 14.1. The quantitative estimate of drug-likeness (QED) is 0.514. The Kier molecular flexibility index (Phi) is 3.57. The van der Waals surface area contributed by atoms with Crippen molar-refractivity contribution in [2.45, 2.75) is 0 Å². The molecule has 130 valence electrons. The molecule has 4 aromatic heterocycles. The summed E-state index contributed by atoms with van der Waals surface area (Å²) in [4.78, 5) is 20.6. The number of nitrogens with one attached hydrogen (secondary N) is 2. The van der Waals surface area contributed by atoms with Gasteiger partial charge in [-0.1, -0.05) is 12.1 Å².